The number of aliphatic hydroxyl groups is 3. The van der Waals surface area contributed by atoms with Gasteiger partial charge in [0, 0.05) is 24.2 Å². The minimum Gasteiger partial charge on any atom is -0.390 e. The highest BCUT2D eigenvalue weighted by atomic mass is 32.2. The van der Waals surface area contributed by atoms with Crippen molar-refractivity contribution in [3.05, 3.63) is 11.6 Å². The monoisotopic (exact) mass is 458 g/mol. The fourth-order valence-corrected chi connectivity index (χ4v) is 9.71. The molecule has 0 aromatic rings. The summed E-state index contributed by atoms with van der Waals surface area (Å²) >= 11 is 1.39. The molecule has 4 rings (SSSR count). The number of halogens is 2. The van der Waals surface area contributed by atoms with Crippen molar-refractivity contribution in [2.45, 2.75) is 101 Å². The number of aliphatic hydroxyl groups excluding tert-OH is 1. The van der Waals surface area contributed by atoms with Gasteiger partial charge in [-0.15, -0.1) is 0 Å². The van der Waals surface area contributed by atoms with Gasteiger partial charge in [-0.05, 0) is 61.3 Å². The van der Waals surface area contributed by atoms with E-state index in [4.69, 9.17) is 0 Å². The molecule has 0 bridgehead atoms. The number of ketones is 1. The number of thioether (sulfide) groups is 1. The van der Waals surface area contributed by atoms with Crippen LogP contribution in [0.1, 0.15) is 72.1 Å². The first-order valence-electron chi connectivity index (χ1n) is 11.6. The minimum atomic E-state index is -2.04. The predicted molar refractivity (Wildman–Crippen MR) is 117 cm³/mol. The highest BCUT2D eigenvalue weighted by Crippen LogP contribution is 2.73. The van der Waals surface area contributed by atoms with Crippen LogP contribution in [-0.2, 0) is 4.79 Å². The number of rotatable bonds is 4. The van der Waals surface area contributed by atoms with Crippen molar-refractivity contribution in [1.82, 2.24) is 0 Å². The van der Waals surface area contributed by atoms with E-state index in [9.17, 15) is 20.1 Å². The van der Waals surface area contributed by atoms with E-state index in [-0.39, 0.29) is 49.4 Å². The van der Waals surface area contributed by atoms with Gasteiger partial charge in [0.05, 0.1) is 10.9 Å². The van der Waals surface area contributed by atoms with Gasteiger partial charge < -0.3 is 15.3 Å². The Morgan fingerprint density at radius 2 is 1.94 bits per heavy atom. The third-order valence-electron chi connectivity index (χ3n) is 9.74. The molecule has 3 fully saturated rings. The van der Waals surface area contributed by atoms with Crippen LogP contribution in [0, 0.1) is 22.7 Å². The number of hydrogen-bond donors (Lipinski definition) is 3. The first kappa shape index (κ1) is 23.7. The van der Waals surface area contributed by atoms with Crippen molar-refractivity contribution in [3.8, 4) is 0 Å². The number of fused-ring (bicyclic) bond motifs is 5. The molecule has 3 saturated carbocycles. The van der Waals surface area contributed by atoms with Crippen LogP contribution >= 0.6 is 11.8 Å². The molecule has 0 aromatic carbocycles. The maximum absolute atomic E-state index is 17.1. The molecule has 7 heteroatoms. The summed E-state index contributed by atoms with van der Waals surface area (Å²) in [4.78, 5) is 12.0. The van der Waals surface area contributed by atoms with E-state index >= 15 is 8.78 Å². The Balaban J connectivity index is 1.83. The Labute approximate surface area is 187 Å². The summed E-state index contributed by atoms with van der Waals surface area (Å²) in [6.45, 7) is 5.50. The normalized spacial score (nSPS) is 49.8. The second-order valence-electron chi connectivity index (χ2n) is 10.9. The summed E-state index contributed by atoms with van der Waals surface area (Å²) in [5.74, 6) is -3.16. The van der Waals surface area contributed by atoms with E-state index in [1.54, 1.807) is 6.92 Å². The van der Waals surface area contributed by atoms with E-state index in [1.165, 1.54) is 17.8 Å². The Morgan fingerprint density at radius 1 is 1.26 bits per heavy atom. The molecule has 0 heterocycles. The highest BCUT2D eigenvalue weighted by Gasteiger charge is 2.76. The summed E-state index contributed by atoms with van der Waals surface area (Å²) in [6.07, 6.45) is 2.52. The Bertz CT molecular complexity index is 802. The second-order valence-corrected chi connectivity index (χ2v) is 12.0. The van der Waals surface area contributed by atoms with E-state index in [0.29, 0.717) is 19.3 Å². The molecule has 0 amide bonds. The molecule has 0 spiro atoms. The van der Waals surface area contributed by atoms with Gasteiger partial charge in [0.25, 0.3) is 0 Å². The van der Waals surface area contributed by atoms with Gasteiger partial charge in [-0.2, -0.15) is 11.8 Å². The average molecular weight is 459 g/mol. The van der Waals surface area contributed by atoms with Crippen LogP contribution in [0.4, 0.5) is 8.78 Å². The van der Waals surface area contributed by atoms with Crippen molar-refractivity contribution in [2.24, 2.45) is 22.7 Å². The zero-order valence-corrected chi connectivity index (χ0v) is 19.8. The van der Waals surface area contributed by atoms with Crippen molar-refractivity contribution in [1.29, 1.82) is 0 Å². The smallest absolute Gasteiger partial charge is 0.178 e. The predicted octanol–water partition coefficient (Wildman–Crippen LogP) is 4.11. The fraction of sp³-hybridized carbons (Fsp3) is 0.875. The van der Waals surface area contributed by atoms with Crippen molar-refractivity contribution in [3.63, 3.8) is 0 Å². The molecule has 4 aliphatic rings. The van der Waals surface area contributed by atoms with Crippen LogP contribution in [-0.4, -0.2) is 55.8 Å². The quantitative estimate of drug-likeness (QED) is 0.553. The van der Waals surface area contributed by atoms with Crippen molar-refractivity contribution in [2.75, 3.05) is 6.26 Å². The van der Waals surface area contributed by atoms with Gasteiger partial charge in [-0.25, -0.2) is 8.78 Å². The third kappa shape index (κ3) is 2.72. The summed E-state index contributed by atoms with van der Waals surface area (Å²) in [6, 6.07) is 0. The van der Waals surface area contributed by atoms with Gasteiger partial charge in [0.15, 0.2) is 11.6 Å². The van der Waals surface area contributed by atoms with Gasteiger partial charge in [0.1, 0.15) is 11.8 Å². The molecule has 0 radical (unpaired) electrons. The van der Waals surface area contributed by atoms with E-state index in [1.807, 2.05) is 20.1 Å². The second kappa shape index (κ2) is 7.25. The number of allylic oxidation sites excluding steroid dienone is 1. The Kier molecular flexibility index (Phi) is 5.53. The van der Waals surface area contributed by atoms with Crippen LogP contribution in [0.3, 0.4) is 0 Å². The number of alkyl halides is 2. The lowest BCUT2D eigenvalue weighted by atomic mass is 9.43. The van der Waals surface area contributed by atoms with E-state index in [0.717, 1.165) is 0 Å². The molecule has 0 saturated heterocycles. The summed E-state index contributed by atoms with van der Waals surface area (Å²) < 4.78 is 31.6. The van der Waals surface area contributed by atoms with Gasteiger partial charge >= 0.3 is 0 Å². The van der Waals surface area contributed by atoms with Crippen LogP contribution in [0.15, 0.2) is 11.6 Å². The molecule has 8 atom stereocenters. The maximum atomic E-state index is 17.1. The lowest BCUT2D eigenvalue weighted by Crippen LogP contribution is -2.71. The highest BCUT2D eigenvalue weighted by molar-refractivity contribution is 8.00. The molecule has 0 aromatic heterocycles. The molecule has 0 unspecified atom stereocenters. The SMILES string of the molecule is CCCC(O)(O)[C@@]1(SC)CC[C@@H]2[C@H]3C[C@@H](F)C4=CC(=O)CC[C@@]4(C)[C@@]3(F)[C@H](O)C[C@]21C. The molecule has 176 valence electrons. The van der Waals surface area contributed by atoms with Gasteiger partial charge in [-0.3, -0.25) is 4.79 Å². The Hall–Kier alpha value is -0.500. The van der Waals surface area contributed by atoms with Crippen LogP contribution in [0.5, 0.6) is 0 Å². The average Bonchev–Trinajstić information content (AvgIpc) is 2.99. The number of hydrogen-bond acceptors (Lipinski definition) is 5. The summed E-state index contributed by atoms with van der Waals surface area (Å²) in [7, 11) is 0. The van der Waals surface area contributed by atoms with Crippen molar-refractivity contribution < 1.29 is 28.9 Å². The zero-order chi connectivity index (χ0) is 23.0. The molecular weight excluding hydrogens is 422 g/mol. The van der Waals surface area contributed by atoms with Gasteiger partial charge in [0.2, 0.25) is 0 Å². The maximum Gasteiger partial charge on any atom is 0.178 e. The van der Waals surface area contributed by atoms with E-state index < -0.39 is 45.2 Å². The van der Waals surface area contributed by atoms with Crippen molar-refractivity contribution >= 4 is 17.5 Å². The number of carbonyl (C=O) groups excluding carboxylic acids is 1. The number of carbonyl (C=O) groups is 1. The fourth-order valence-electron chi connectivity index (χ4n) is 8.25. The summed E-state index contributed by atoms with van der Waals surface area (Å²) in [5.41, 5.74) is -3.83. The largest absolute Gasteiger partial charge is 0.390 e. The molecule has 31 heavy (non-hydrogen) atoms. The molecule has 3 N–H and O–H groups in total. The topological polar surface area (TPSA) is 77.8 Å². The summed E-state index contributed by atoms with van der Waals surface area (Å²) in [5, 5.41) is 33.7. The van der Waals surface area contributed by atoms with Crippen LogP contribution in [0.25, 0.3) is 0 Å². The van der Waals surface area contributed by atoms with Crippen LogP contribution < -0.4 is 0 Å². The third-order valence-corrected chi connectivity index (χ3v) is 11.4. The zero-order valence-electron chi connectivity index (χ0n) is 19.0. The molecule has 4 aliphatic carbocycles. The minimum absolute atomic E-state index is 0.0788. The van der Waals surface area contributed by atoms with E-state index in [2.05, 4.69) is 0 Å². The lowest BCUT2D eigenvalue weighted by molar-refractivity contribution is -0.249. The first-order valence-corrected chi connectivity index (χ1v) is 12.8. The Morgan fingerprint density at radius 3 is 2.55 bits per heavy atom. The molecule has 4 nitrogen and oxygen atoms in total. The standard InChI is InChI=1S/C24H36F2O4S/c1-5-8-23(29,30)22(31-4)10-7-15-16-12-18(25)17-11-14(27)6-9-20(17,2)24(16,26)19(28)13-21(15,22)3/h11,15-16,18-19,28-30H,5-10,12-13H2,1-4H3/t15-,16-,18-,19-,20-,21-,22-,24+/m1/s1. The van der Waals surface area contributed by atoms with Crippen LogP contribution in [0.2, 0.25) is 0 Å². The lowest BCUT2D eigenvalue weighted by Gasteiger charge is -2.65. The van der Waals surface area contributed by atoms with Gasteiger partial charge in [-0.1, -0.05) is 27.2 Å². The first-order chi connectivity index (χ1) is 14.3. The molecule has 0 aliphatic heterocycles. The molecular formula is C24H36F2O4S.